The summed E-state index contributed by atoms with van der Waals surface area (Å²) in [5.41, 5.74) is 2.96. The molecule has 0 atom stereocenters. The van der Waals surface area contributed by atoms with Gasteiger partial charge in [0.2, 0.25) is 0 Å². The highest BCUT2D eigenvalue weighted by molar-refractivity contribution is 5.22. The predicted molar refractivity (Wildman–Crippen MR) is 92.8 cm³/mol. The monoisotopic (exact) mass is 290 g/mol. The maximum absolute atomic E-state index is 8.74. The lowest BCUT2D eigenvalue weighted by molar-refractivity contribution is 0.282. The first-order valence-corrected chi connectivity index (χ1v) is 9.05. The lowest BCUT2D eigenvalue weighted by Gasteiger charge is -2.05. The fraction of sp³-hybridized carbons (Fsp3) is 0.700. The molecule has 0 saturated heterocycles. The van der Waals surface area contributed by atoms with Crippen LogP contribution in [0.5, 0.6) is 0 Å². The van der Waals surface area contributed by atoms with Crippen molar-refractivity contribution in [1.29, 1.82) is 0 Å². The van der Waals surface area contributed by atoms with E-state index in [0.29, 0.717) is 6.61 Å². The van der Waals surface area contributed by atoms with Gasteiger partial charge in [0.25, 0.3) is 0 Å². The SMILES string of the molecule is CCCCCCCCc1ccc(CCCCCCO)cc1. The molecule has 0 unspecified atom stereocenters. The van der Waals surface area contributed by atoms with Crippen LogP contribution in [-0.4, -0.2) is 11.7 Å². The smallest absolute Gasteiger partial charge is 0.0431 e. The van der Waals surface area contributed by atoms with Crippen LogP contribution in [0.1, 0.15) is 82.3 Å². The molecule has 0 heterocycles. The van der Waals surface area contributed by atoms with Gasteiger partial charge in [-0.25, -0.2) is 0 Å². The summed E-state index contributed by atoms with van der Waals surface area (Å²) in [7, 11) is 0. The number of aliphatic hydroxyl groups excluding tert-OH is 1. The average Bonchev–Trinajstić information content (AvgIpc) is 2.52. The molecule has 0 aliphatic rings. The van der Waals surface area contributed by atoms with Crippen LogP contribution in [0.3, 0.4) is 0 Å². The number of benzene rings is 1. The lowest BCUT2D eigenvalue weighted by atomic mass is 10.0. The highest BCUT2D eigenvalue weighted by Gasteiger charge is 1.97. The molecule has 1 heteroatoms. The topological polar surface area (TPSA) is 20.2 Å². The number of hydrogen-bond acceptors (Lipinski definition) is 1. The molecule has 0 aliphatic heterocycles. The Morgan fingerprint density at radius 1 is 0.619 bits per heavy atom. The Morgan fingerprint density at radius 2 is 1.05 bits per heavy atom. The second-order valence-electron chi connectivity index (χ2n) is 6.22. The summed E-state index contributed by atoms with van der Waals surface area (Å²) in [6.07, 6.45) is 15.3. The van der Waals surface area contributed by atoms with Crippen molar-refractivity contribution in [2.75, 3.05) is 6.61 Å². The Hall–Kier alpha value is -0.820. The molecule has 1 aromatic carbocycles. The van der Waals surface area contributed by atoms with Crippen molar-refractivity contribution in [3.8, 4) is 0 Å². The summed E-state index contributed by atoms with van der Waals surface area (Å²) in [6, 6.07) is 9.24. The van der Waals surface area contributed by atoms with E-state index in [1.54, 1.807) is 0 Å². The van der Waals surface area contributed by atoms with E-state index in [0.717, 1.165) is 12.8 Å². The normalized spacial score (nSPS) is 11.0. The molecule has 1 N–H and O–H groups in total. The molecular formula is C20H34O. The molecule has 1 rings (SSSR count). The van der Waals surface area contributed by atoms with E-state index in [1.165, 1.54) is 75.3 Å². The molecule has 0 radical (unpaired) electrons. The first-order chi connectivity index (χ1) is 10.4. The van der Waals surface area contributed by atoms with Crippen molar-refractivity contribution in [2.45, 2.75) is 84.0 Å². The van der Waals surface area contributed by atoms with Crippen LogP contribution in [-0.2, 0) is 12.8 Å². The van der Waals surface area contributed by atoms with Crippen LogP contribution in [0.15, 0.2) is 24.3 Å². The van der Waals surface area contributed by atoms with Gasteiger partial charge in [0.1, 0.15) is 0 Å². The van der Waals surface area contributed by atoms with Gasteiger partial charge in [0.15, 0.2) is 0 Å². The second-order valence-corrected chi connectivity index (χ2v) is 6.22. The Kier molecular flexibility index (Phi) is 11.2. The summed E-state index contributed by atoms with van der Waals surface area (Å²) in [5.74, 6) is 0. The molecule has 0 amide bonds. The van der Waals surface area contributed by atoms with Crippen LogP contribution in [0.2, 0.25) is 0 Å². The first kappa shape index (κ1) is 18.2. The molecule has 120 valence electrons. The van der Waals surface area contributed by atoms with Gasteiger partial charge in [-0.15, -0.1) is 0 Å². The Bertz CT molecular complexity index is 328. The minimum atomic E-state index is 0.340. The molecule has 0 saturated carbocycles. The third-order valence-electron chi connectivity index (χ3n) is 4.22. The van der Waals surface area contributed by atoms with E-state index >= 15 is 0 Å². The van der Waals surface area contributed by atoms with Gasteiger partial charge in [0, 0.05) is 6.61 Å². The summed E-state index contributed by atoms with van der Waals surface area (Å²) >= 11 is 0. The second kappa shape index (κ2) is 12.9. The zero-order chi connectivity index (χ0) is 15.2. The predicted octanol–water partition coefficient (Wildman–Crippen LogP) is 5.68. The van der Waals surface area contributed by atoms with Crippen molar-refractivity contribution in [3.63, 3.8) is 0 Å². The molecule has 1 aromatic rings. The minimum Gasteiger partial charge on any atom is -0.396 e. The molecular weight excluding hydrogens is 256 g/mol. The highest BCUT2D eigenvalue weighted by Crippen LogP contribution is 2.13. The van der Waals surface area contributed by atoms with Gasteiger partial charge in [-0.2, -0.15) is 0 Å². The summed E-state index contributed by atoms with van der Waals surface area (Å²) in [6.45, 7) is 2.61. The summed E-state index contributed by atoms with van der Waals surface area (Å²) in [5, 5.41) is 8.74. The molecule has 0 aromatic heterocycles. The number of unbranched alkanes of at least 4 members (excludes halogenated alkanes) is 8. The van der Waals surface area contributed by atoms with Crippen molar-refractivity contribution in [2.24, 2.45) is 0 Å². The van der Waals surface area contributed by atoms with E-state index in [1.807, 2.05) is 0 Å². The average molecular weight is 290 g/mol. The van der Waals surface area contributed by atoms with Gasteiger partial charge in [0.05, 0.1) is 0 Å². The molecule has 0 bridgehead atoms. The molecule has 0 aliphatic carbocycles. The van der Waals surface area contributed by atoms with Gasteiger partial charge >= 0.3 is 0 Å². The zero-order valence-electron chi connectivity index (χ0n) is 13.9. The minimum absolute atomic E-state index is 0.340. The van der Waals surface area contributed by atoms with Crippen LogP contribution in [0.25, 0.3) is 0 Å². The molecule has 1 nitrogen and oxygen atoms in total. The van der Waals surface area contributed by atoms with Crippen molar-refractivity contribution >= 4 is 0 Å². The standard InChI is InChI=1S/C20H34O/c1-2-3-4-5-6-9-12-19-14-16-20(17-15-19)13-10-7-8-11-18-21/h14-17,21H,2-13,18H2,1H3. The fourth-order valence-corrected chi connectivity index (χ4v) is 2.78. The van der Waals surface area contributed by atoms with E-state index < -0.39 is 0 Å². The van der Waals surface area contributed by atoms with E-state index in [-0.39, 0.29) is 0 Å². The molecule has 0 fully saturated rings. The van der Waals surface area contributed by atoms with Crippen molar-refractivity contribution in [1.82, 2.24) is 0 Å². The van der Waals surface area contributed by atoms with Crippen molar-refractivity contribution < 1.29 is 5.11 Å². The van der Waals surface area contributed by atoms with Crippen LogP contribution in [0, 0.1) is 0 Å². The quantitative estimate of drug-likeness (QED) is 0.463. The van der Waals surface area contributed by atoms with Crippen LogP contribution >= 0.6 is 0 Å². The number of rotatable bonds is 13. The Labute approximate surface area is 131 Å². The Morgan fingerprint density at radius 3 is 1.52 bits per heavy atom. The van der Waals surface area contributed by atoms with Crippen molar-refractivity contribution in [3.05, 3.63) is 35.4 Å². The fourth-order valence-electron chi connectivity index (χ4n) is 2.78. The number of hydrogen-bond donors (Lipinski definition) is 1. The number of aryl methyl sites for hydroxylation is 2. The van der Waals surface area contributed by atoms with Crippen LogP contribution in [0.4, 0.5) is 0 Å². The molecule has 0 spiro atoms. The summed E-state index contributed by atoms with van der Waals surface area (Å²) < 4.78 is 0. The number of aliphatic hydroxyl groups is 1. The van der Waals surface area contributed by atoms with Crippen LogP contribution < -0.4 is 0 Å². The highest BCUT2D eigenvalue weighted by atomic mass is 16.2. The van der Waals surface area contributed by atoms with Gasteiger partial charge < -0.3 is 5.11 Å². The van der Waals surface area contributed by atoms with Gasteiger partial charge in [-0.3, -0.25) is 0 Å². The largest absolute Gasteiger partial charge is 0.396 e. The third kappa shape index (κ3) is 9.68. The lowest BCUT2D eigenvalue weighted by Crippen LogP contribution is -1.90. The van der Waals surface area contributed by atoms with Gasteiger partial charge in [-0.1, -0.05) is 76.1 Å². The van der Waals surface area contributed by atoms with E-state index in [2.05, 4.69) is 31.2 Å². The van der Waals surface area contributed by atoms with E-state index in [9.17, 15) is 0 Å². The maximum Gasteiger partial charge on any atom is 0.0431 e. The first-order valence-electron chi connectivity index (χ1n) is 9.05. The van der Waals surface area contributed by atoms with Gasteiger partial charge in [-0.05, 0) is 43.2 Å². The summed E-state index contributed by atoms with van der Waals surface area (Å²) in [4.78, 5) is 0. The maximum atomic E-state index is 8.74. The zero-order valence-corrected chi connectivity index (χ0v) is 13.9. The molecule has 21 heavy (non-hydrogen) atoms. The Balaban J connectivity index is 2.09. The third-order valence-corrected chi connectivity index (χ3v) is 4.22. The van der Waals surface area contributed by atoms with E-state index in [4.69, 9.17) is 5.11 Å².